The van der Waals surface area contributed by atoms with E-state index in [2.05, 4.69) is 10.6 Å². The fraction of sp³-hybridized carbons (Fsp3) is 0.652. The molecule has 0 radical (unpaired) electrons. The smallest absolute Gasteiger partial charge is 0.407 e. The highest BCUT2D eigenvalue weighted by molar-refractivity contribution is 5.75. The maximum Gasteiger partial charge on any atom is 0.407 e. The van der Waals surface area contributed by atoms with Gasteiger partial charge in [-0.05, 0) is 31.2 Å². The van der Waals surface area contributed by atoms with E-state index < -0.39 is 6.09 Å². The first-order valence-corrected chi connectivity index (χ1v) is 11.3. The van der Waals surface area contributed by atoms with Crippen molar-refractivity contribution in [3.05, 3.63) is 35.9 Å². The largest absolute Gasteiger partial charge is 0.445 e. The average Bonchev–Trinajstić information content (AvgIpc) is 2.81. The van der Waals surface area contributed by atoms with E-state index in [0.29, 0.717) is 72.0 Å². The molecule has 0 atom stereocenters. The fourth-order valence-corrected chi connectivity index (χ4v) is 2.56. The van der Waals surface area contributed by atoms with Crippen LogP contribution in [0.2, 0.25) is 0 Å². The van der Waals surface area contributed by atoms with E-state index >= 15 is 0 Å². The Bertz CT molecular complexity index is 587. The van der Waals surface area contributed by atoms with Crippen molar-refractivity contribution in [3.63, 3.8) is 0 Å². The van der Waals surface area contributed by atoms with Gasteiger partial charge in [0.05, 0.1) is 6.61 Å². The molecule has 1 aromatic carbocycles. The molecule has 182 valence electrons. The van der Waals surface area contributed by atoms with E-state index in [9.17, 15) is 9.59 Å². The number of rotatable bonds is 20. The van der Waals surface area contributed by atoms with Crippen molar-refractivity contribution in [2.75, 3.05) is 59.3 Å². The minimum absolute atomic E-state index is 0.0717. The first kappa shape index (κ1) is 27.8. The number of nitrogens with one attached hydrogen (secondary N) is 2. The van der Waals surface area contributed by atoms with Gasteiger partial charge in [-0.25, -0.2) is 4.79 Å². The van der Waals surface area contributed by atoms with Crippen molar-refractivity contribution in [2.45, 2.75) is 38.7 Å². The van der Waals surface area contributed by atoms with Crippen LogP contribution in [0, 0.1) is 0 Å². The number of hydrogen-bond acceptors (Lipinski definition) is 7. The van der Waals surface area contributed by atoms with Crippen LogP contribution in [0.25, 0.3) is 0 Å². The molecular weight excluding hydrogens is 416 g/mol. The summed E-state index contributed by atoms with van der Waals surface area (Å²) in [4.78, 5) is 23.4. The fourth-order valence-electron chi connectivity index (χ4n) is 2.56. The number of carbonyl (C=O) groups excluding carboxylic acids is 2. The lowest BCUT2D eigenvalue weighted by atomic mass is 10.2. The Morgan fingerprint density at radius 1 is 0.750 bits per heavy atom. The van der Waals surface area contributed by atoms with Gasteiger partial charge in [0.15, 0.2) is 0 Å². The predicted octanol–water partition coefficient (Wildman–Crippen LogP) is 2.02. The number of amides is 2. The van der Waals surface area contributed by atoms with Crippen LogP contribution in [0.3, 0.4) is 0 Å². The quantitative estimate of drug-likeness (QED) is 0.258. The van der Waals surface area contributed by atoms with Crippen molar-refractivity contribution in [1.29, 1.82) is 0 Å². The molecule has 0 fully saturated rings. The molecule has 0 aliphatic rings. The lowest BCUT2D eigenvalue weighted by Crippen LogP contribution is -2.29. The van der Waals surface area contributed by atoms with E-state index in [-0.39, 0.29) is 19.1 Å². The summed E-state index contributed by atoms with van der Waals surface area (Å²) < 4.78 is 21.3. The maximum atomic E-state index is 11.8. The Kier molecular flexibility index (Phi) is 18.0. The second-order valence-corrected chi connectivity index (χ2v) is 7.06. The predicted molar refractivity (Wildman–Crippen MR) is 120 cm³/mol. The molecule has 9 nitrogen and oxygen atoms in total. The molecule has 9 heteroatoms. The number of benzene rings is 1. The Labute approximate surface area is 190 Å². The Hall–Kier alpha value is -2.20. The Morgan fingerprint density at radius 3 is 2.03 bits per heavy atom. The number of carbonyl (C=O) groups is 2. The summed E-state index contributed by atoms with van der Waals surface area (Å²) in [5, 5.41) is 14.0. The van der Waals surface area contributed by atoms with Crippen LogP contribution in [-0.4, -0.2) is 76.4 Å². The standard InChI is InChI=1S/C23H38N2O7/c26-13-5-14-29-15-6-16-30-17-7-18-31-19-12-24-22(27)10-4-11-25-23(28)32-20-21-8-2-1-3-9-21/h1-3,8-9,26H,4-7,10-20H2,(H,24,27)(H,25,28). The van der Waals surface area contributed by atoms with Crippen molar-refractivity contribution < 1.29 is 33.6 Å². The SMILES string of the molecule is O=C(CCCNC(=O)OCc1ccccc1)NCCOCCCOCCCOCCCO. The number of hydrogen-bond donors (Lipinski definition) is 3. The first-order valence-electron chi connectivity index (χ1n) is 11.3. The summed E-state index contributed by atoms with van der Waals surface area (Å²) in [5.41, 5.74) is 0.924. The van der Waals surface area contributed by atoms with Gasteiger partial charge in [-0.2, -0.15) is 0 Å². The molecule has 2 amide bonds. The van der Waals surface area contributed by atoms with Crippen LogP contribution in [0.15, 0.2) is 30.3 Å². The van der Waals surface area contributed by atoms with Crippen LogP contribution in [0.1, 0.15) is 37.7 Å². The molecule has 3 N–H and O–H groups in total. The highest BCUT2D eigenvalue weighted by atomic mass is 16.5. The number of alkyl carbamates (subject to hydrolysis) is 1. The van der Waals surface area contributed by atoms with E-state index in [1.165, 1.54) is 0 Å². The molecule has 0 saturated carbocycles. The van der Waals surface area contributed by atoms with Gasteiger partial charge < -0.3 is 34.7 Å². The zero-order valence-corrected chi connectivity index (χ0v) is 18.9. The van der Waals surface area contributed by atoms with Crippen LogP contribution in [-0.2, 0) is 30.3 Å². The van der Waals surface area contributed by atoms with Crippen molar-refractivity contribution in [2.24, 2.45) is 0 Å². The second kappa shape index (κ2) is 20.7. The van der Waals surface area contributed by atoms with Gasteiger partial charge in [-0.1, -0.05) is 30.3 Å². The first-order chi connectivity index (χ1) is 15.7. The van der Waals surface area contributed by atoms with E-state index in [0.717, 1.165) is 18.4 Å². The molecule has 0 saturated heterocycles. The van der Waals surface area contributed by atoms with Gasteiger partial charge in [0.2, 0.25) is 5.91 Å². The van der Waals surface area contributed by atoms with Crippen molar-refractivity contribution in [3.8, 4) is 0 Å². The lowest BCUT2D eigenvalue weighted by Gasteiger charge is -2.08. The summed E-state index contributed by atoms with van der Waals surface area (Å²) in [5.74, 6) is -0.0717. The third-order valence-electron chi connectivity index (χ3n) is 4.23. The molecule has 0 unspecified atom stereocenters. The zero-order chi connectivity index (χ0) is 23.1. The maximum absolute atomic E-state index is 11.8. The normalized spacial score (nSPS) is 10.7. The highest BCUT2D eigenvalue weighted by Gasteiger charge is 2.04. The average molecular weight is 455 g/mol. The molecule has 0 aliphatic carbocycles. The molecule has 0 aromatic heterocycles. The van der Waals surface area contributed by atoms with Crippen molar-refractivity contribution >= 4 is 12.0 Å². The molecule has 1 rings (SSSR count). The van der Waals surface area contributed by atoms with Crippen LogP contribution >= 0.6 is 0 Å². The van der Waals surface area contributed by atoms with Gasteiger partial charge in [-0.15, -0.1) is 0 Å². The number of ether oxygens (including phenoxy) is 4. The summed E-state index contributed by atoms with van der Waals surface area (Å²) in [7, 11) is 0. The minimum Gasteiger partial charge on any atom is -0.445 e. The number of aliphatic hydroxyl groups is 1. The summed E-state index contributed by atoms with van der Waals surface area (Å²) in [6.07, 6.45) is 2.68. The van der Waals surface area contributed by atoms with Gasteiger partial charge in [0.1, 0.15) is 6.61 Å². The van der Waals surface area contributed by atoms with Crippen LogP contribution < -0.4 is 10.6 Å². The van der Waals surface area contributed by atoms with Crippen molar-refractivity contribution in [1.82, 2.24) is 10.6 Å². The monoisotopic (exact) mass is 454 g/mol. The molecular formula is C23H38N2O7. The Morgan fingerprint density at radius 2 is 1.38 bits per heavy atom. The van der Waals surface area contributed by atoms with Gasteiger partial charge >= 0.3 is 6.09 Å². The summed E-state index contributed by atoms with van der Waals surface area (Å²) >= 11 is 0. The number of aliphatic hydroxyl groups excluding tert-OH is 1. The molecule has 32 heavy (non-hydrogen) atoms. The minimum atomic E-state index is -0.488. The summed E-state index contributed by atoms with van der Waals surface area (Å²) in [6.45, 7) is 4.76. The molecule has 0 aliphatic heterocycles. The van der Waals surface area contributed by atoms with Gasteiger partial charge in [0.25, 0.3) is 0 Å². The molecule has 0 heterocycles. The molecule has 0 spiro atoms. The summed E-state index contributed by atoms with van der Waals surface area (Å²) in [6, 6.07) is 9.45. The second-order valence-electron chi connectivity index (χ2n) is 7.06. The Balaban J connectivity index is 1.80. The lowest BCUT2D eigenvalue weighted by molar-refractivity contribution is -0.121. The zero-order valence-electron chi connectivity index (χ0n) is 18.9. The third kappa shape index (κ3) is 17.5. The van der Waals surface area contributed by atoms with E-state index in [1.807, 2.05) is 30.3 Å². The van der Waals surface area contributed by atoms with E-state index in [1.54, 1.807) is 0 Å². The van der Waals surface area contributed by atoms with E-state index in [4.69, 9.17) is 24.1 Å². The van der Waals surface area contributed by atoms with Crippen LogP contribution in [0.5, 0.6) is 0 Å². The van der Waals surface area contributed by atoms with Crippen LogP contribution in [0.4, 0.5) is 4.79 Å². The molecule has 1 aromatic rings. The third-order valence-corrected chi connectivity index (χ3v) is 4.23. The molecule has 0 bridgehead atoms. The van der Waals surface area contributed by atoms with Gasteiger partial charge in [0, 0.05) is 59.2 Å². The topological polar surface area (TPSA) is 115 Å². The highest BCUT2D eigenvalue weighted by Crippen LogP contribution is 2.00. The van der Waals surface area contributed by atoms with Gasteiger partial charge in [-0.3, -0.25) is 4.79 Å².